The molecule has 0 radical (unpaired) electrons. The van der Waals surface area contributed by atoms with Gasteiger partial charge in [0.05, 0.1) is 15.6 Å². The number of ether oxygens (including phenoxy) is 1. The molecule has 1 aromatic rings. The Hall–Kier alpha value is 0.940. The Morgan fingerprint density at radius 1 is 1.07 bits per heavy atom. The highest BCUT2D eigenvalue weighted by atomic mass is 79.9. The summed E-state index contributed by atoms with van der Waals surface area (Å²) in [5.41, 5.74) is 0. The Balaban J connectivity index is 3.11. The van der Waals surface area contributed by atoms with Crippen LogP contribution in [0.1, 0.15) is 13.3 Å². The van der Waals surface area contributed by atoms with Crippen LogP contribution in [-0.2, 0) is 0 Å². The second-order valence-corrected chi connectivity index (χ2v) is 5.94. The lowest BCUT2D eigenvalue weighted by atomic mass is 10.3. The van der Waals surface area contributed by atoms with Gasteiger partial charge in [0.25, 0.3) is 0 Å². The molecule has 0 aliphatic rings. The monoisotopic (exact) mass is 448 g/mol. The maximum atomic E-state index is 5.62. The van der Waals surface area contributed by atoms with Gasteiger partial charge in [0, 0.05) is 8.95 Å². The zero-order valence-electron chi connectivity index (χ0n) is 7.41. The molecule has 78 valence electrons. The van der Waals surface area contributed by atoms with Crippen molar-refractivity contribution in [2.24, 2.45) is 0 Å². The first-order valence-corrected chi connectivity index (χ1v) is 7.21. The highest BCUT2D eigenvalue weighted by Gasteiger charge is 2.13. The molecule has 1 nitrogen and oxygen atoms in total. The average molecular weight is 452 g/mol. The lowest BCUT2D eigenvalue weighted by Crippen LogP contribution is -1.97. The van der Waals surface area contributed by atoms with Crippen molar-refractivity contribution in [2.75, 3.05) is 6.61 Å². The third-order valence-corrected chi connectivity index (χ3v) is 5.41. The molecular formula is C9H8Br4O. The summed E-state index contributed by atoms with van der Waals surface area (Å²) in [5, 5.41) is 0. The molecule has 0 amide bonds. The van der Waals surface area contributed by atoms with Gasteiger partial charge in [-0.3, -0.25) is 0 Å². The molecule has 1 aromatic carbocycles. The van der Waals surface area contributed by atoms with Crippen LogP contribution in [0.25, 0.3) is 0 Å². The second kappa shape index (κ2) is 5.87. The minimum atomic E-state index is 0.708. The molecule has 0 saturated heterocycles. The number of rotatable bonds is 3. The molecule has 0 N–H and O–H groups in total. The van der Waals surface area contributed by atoms with E-state index in [9.17, 15) is 0 Å². The van der Waals surface area contributed by atoms with Gasteiger partial charge in [-0.2, -0.15) is 0 Å². The van der Waals surface area contributed by atoms with Crippen LogP contribution in [0, 0.1) is 0 Å². The predicted molar refractivity (Wildman–Crippen MR) is 73.0 cm³/mol. The van der Waals surface area contributed by atoms with E-state index in [4.69, 9.17) is 4.74 Å². The van der Waals surface area contributed by atoms with E-state index in [0.717, 1.165) is 30.1 Å². The fourth-order valence-electron chi connectivity index (χ4n) is 0.882. The van der Waals surface area contributed by atoms with Crippen LogP contribution in [0.3, 0.4) is 0 Å². The Bertz CT molecular complexity index is 312. The largest absolute Gasteiger partial charge is 0.491 e. The second-order valence-electron chi connectivity index (χ2n) is 2.65. The normalized spacial score (nSPS) is 10.4. The molecule has 1 rings (SSSR count). The summed E-state index contributed by atoms with van der Waals surface area (Å²) in [5.74, 6) is 0.827. The molecule has 0 spiro atoms. The number of hydrogen-bond acceptors (Lipinski definition) is 1. The highest BCUT2D eigenvalue weighted by Crippen LogP contribution is 2.43. The summed E-state index contributed by atoms with van der Waals surface area (Å²) < 4.78 is 9.43. The minimum absolute atomic E-state index is 0.708. The van der Waals surface area contributed by atoms with Crippen molar-refractivity contribution in [2.45, 2.75) is 13.3 Å². The Labute approximate surface area is 117 Å². The van der Waals surface area contributed by atoms with Crippen molar-refractivity contribution < 1.29 is 4.74 Å². The third-order valence-electron chi connectivity index (χ3n) is 1.52. The van der Waals surface area contributed by atoms with E-state index >= 15 is 0 Å². The number of benzene rings is 1. The van der Waals surface area contributed by atoms with Gasteiger partial charge in [0.2, 0.25) is 0 Å². The van der Waals surface area contributed by atoms with Gasteiger partial charge in [0.1, 0.15) is 5.75 Å². The zero-order chi connectivity index (χ0) is 10.7. The van der Waals surface area contributed by atoms with E-state index in [1.165, 1.54) is 0 Å². The van der Waals surface area contributed by atoms with Crippen LogP contribution in [-0.4, -0.2) is 6.61 Å². The quantitative estimate of drug-likeness (QED) is 0.549. The maximum absolute atomic E-state index is 5.62. The first-order chi connectivity index (χ1) is 6.57. The van der Waals surface area contributed by atoms with E-state index in [-0.39, 0.29) is 0 Å². The Kier molecular flexibility index (Phi) is 5.45. The van der Waals surface area contributed by atoms with Crippen molar-refractivity contribution in [1.29, 1.82) is 0 Å². The molecular weight excluding hydrogens is 444 g/mol. The standard InChI is InChI=1S/C9H8Br4O/c1-2-3-14-9-7(12)5(10)4-6(11)8(9)13/h4H,2-3H2,1H3. The van der Waals surface area contributed by atoms with Crippen molar-refractivity contribution in [3.63, 3.8) is 0 Å². The lowest BCUT2D eigenvalue weighted by Gasteiger charge is -2.11. The molecule has 0 unspecified atom stereocenters. The molecule has 0 saturated carbocycles. The van der Waals surface area contributed by atoms with Crippen LogP contribution in [0.5, 0.6) is 5.75 Å². The molecule has 0 heterocycles. The lowest BCUT2D eigenvalue weighted by molar-refractivity contribution is 0.313. The van der Waals surface area contributed by atoms with Crippen LogP contribution in [0.2, 0.25) is 0 Å². The topological polar surface area (TPSA) is 9.23 Å². The van der Waals surface area contributed by atoms with Crippen LogP contribution >= 0.6 is 63.7 Å². The van der Waals surface area contributed by atoms with Crippen molar-refractivity contribution in [1.82, 2.24) is 0 Å². The van der Waals surface area contributed by atoms with Crippen LogP contribution < -0.4 is 4.74 Å². The molecule has 14 heavy (non-hydrogen) atoms. The number of halogens is 4. The molecule has 0 aliphatic carbocycles. The smallest absolute Gasteiger partial charge is 0.149 e. The predicted octanol–water partition coefficient (Wildman–Crippen LogP) is 5.53. The third kappa shape index (κ3) is 2.97. The van der Waals surface area contributed by atoms with Crippen molar-refractivity contribution >= 4 is 63.7 Å². The summed E-state index contributed by atoms with van der Waals surface area (Å²) in [4.78, 5) is 0. The summed E-state index contributed by atoms with van der Waals surface area (Å²) in [6, 6.07) is 1.97. The van der Waals surface area contributed by atoms with E-state index in [1.807, 2.05) is 6.07 Å². The molecule has 5 heteroatoms. The summed E-state index contributed by atoms with van der Waals surface area (Å²) in [7, 11) is 0. The first-order valence-electron chi connectivity index (χ1n) is 4.03. The van der Waals surface area contributed by atoms with Gasteiger partial charge < -0.3 is 4.74 Å². The minimum Gasteiger partial charge on any atom is -0.491 e. The number of hydrogen-bond donors (Lipinski definition) is 0. The average Bonchev–Trinajstić information content (AvgIpc) is 2.15. The van der Waals surface area contributed by atoms with Gasteiger partial charge >= 0.3 is 0 Å². The summed E-state index contributed by atoms with van der Waals surface area (Å²) in [6.45, 7) is 2.79. The van der Waals surface area contributed by atoms with Gasteiger partial charge in [-0.1, -0.05) is 6.92 Å². The van der Waals surface area contributed by atoms with E-state index < -0.39 is 0 Å². The molecule has 0 aromatic heterocycles. The highest BCUT2D eigenvalue weighted by molar-refractivity contribution is 9.14. The van der Waals surface area contributed by atoms with Gasteiger partial charge in [0.15, 0.2) is 0 Å². The van der Waals surface area contributed by atoms with Gasteiger partial charge in [-0.15, -0.1) is 0 Å². The first kappa shape index (κ1) is 13.0. The van der Waals surface area contributed by atoms with E-state index in [0.29, 0.717) is 6.61 Å². The van der Waals surface area contributed by atoms with E-state index in [2.05, 4.69) is 70.6 Å². The fraction of sp³-hybridized carbons (Fsp3) is 0.333. The molecule has 0 atom stereocenters. The Morgan fingerprint density at radius 3 is 2.00 bits per heavy atom. The summed E-state index contributed by atoms with van der Waals surface area (Å²) >= 11 is 13.8. The molecule has 0 fully saturated rings. The molecule has 0 aliphatic heterocycles. The Morgan fingerprint density at radius 2 is 1.57 bits per heavy atom. The summed E-state index contributed by atoms with van der Waals surface area (Å²) in [6.07, 6.45) is 0.989. The van der Waals surface area contributed by atoms with Gasteiger partial charge in [-0.25, -0.2) is 0 Å². The van der Waals surface area contributed by atoms with Crippen molar-refractivity contribution in [3.8, 4) is 5.75 Å². The van der Waals surface area contributed by atoms with Crippen LogP contribution in [0.4, 0.5) is 0 Å². The van der Waals surface area contributed by atoms with Gasteiger partial charge in [-0.05, 0) is 76.2 Å². The SMILES string of the molecule is CCCOc1c(Br)c(Br)cc(Br)c1Br. The van der Waals surface area contributed by atoms with Crippen LogP contribution in [0.15, 0.2) is 24.0 Å². The van der Waals surface area contributed by atoms with Crippen molar-refractivity contribution in [3.05, 3.63) is 24.0 Å². The van der Waals surface area contributed by atoms with E-state index in [1.54, 1.807) is 0 Å². The fourth-order valence-corrected chi connectivity index (χ4v) is 3.13. The maximum Gasteiger partial charge on any atom is 0.149 e. The molecule has 0 bridgehead atoms. The zero-order valence-corrected chi connectivity index (χ0v) is 13.8.